The lowest BCUT2D eigenvalue weighted by molar-refractivity contribution is -0.123. The third kappa shape index (κ3) is 6.29. The van der Waals surface area contributed by atoms with E-state index in [4.69, 9.17) is 9.47 Å². The van der Waals surface area contributed by atoms with E-state index >= 15 is 0 Å². The Hall–Kier alpha value is -2.53. The zero-order chi connectivity index (χ0) is 19.6. The highest BCUT2D eigenvalue weighted by Gasteiger charge is 2.10. The Morgan fingerprint density at radius 1 is 1.04 bits per heavy atom. The minimum Gasteiger partial charge on any atom is -0.493 e. The lowest BCUT2D eigenvalue weighted by Crippen LogP contribution is -2.29. The molecule has 0 spiro atoms. The number of aryl methyl sites for hydroxylation is 1. The molecule has 0 heterocycles. The van der Waals surface area contributed by atoms with Gasteiger partial charge in [-0.25, -0.2) is 0 Å². The Balaban J connectivity index is 1.91. The second kappa shape index (κ2) is 10.6. The number of rotatable bonds is 10. The number of methoxy groups -OCH3 is 1. The van der Waals surface area contributed by atoms with Crippen LogP contribution in [0.1, 0.15) is 30.5 Å². The molecule has 146 valence electrons. The molecule has 2 aromatic carbocycles. The van der Waals surface area contributed by atoms with E-state index in [1.54, 1.807) is 7.11 Å². The lowest BCUT2D eigenvalue weighted by Gasteiger charge is -2.20. The quantitative estimate of drug-likeness (QED) is 0.695. The van der Waals surface area contributed by atoms with Gasteiger partial charge >= 0.3 is 0 Å². The van der Waals surface area contributed by atoms with Crippen LogP contribution in [0.15, 0.2) is 42.5 Å². The molecule has 1 amide bonds. The van der Waals surface area contributed by atoms with Gasteiger partial charge in [0, 0.05) is 13.1 Å². The minimum atomic E-state index is -0.157. The highest BCUT2D eigenvalue weighted by Crippen LogP contribution is 2.27. The summed E-state index contributed by atoms with van der Waals surface area (Å²) in [6.45, 7) is 9.63. The number of hydrogen-bond donors (Lipinski definition) is 1. The standard InChI is InChI=1S/C22H30N2O3/c1-5-24(6-2)15-19-10-8-7-9-18(19)14-23-22(25)16-27-20-12-11-17(3)13-21(20)26-4/h7-13H,5-6,14-16H2,1-4H3,(H,23,25). The first-order valence-corrected chi connectivity index (χ1v) is 9.40. The molecule has 0 unspecified atom stereocenters. The van der Waals surface area contributed by atoms with E-state index in [9.17, 15) is 4.79 Å². The summed E-state index contributed by atoms with van der Waals surface area (Å²) in [5.41, 5.74) is 3.45. The molecular weight excluding hydrogens is 340 g/mol. The fourth-order valence-corrected chi connectivity index (χ4v) is 2.85. The van der Waals surface area contributed by atoms with Crippen molar-refractivity contribution in [1.29, 1.82) is 0 Å². The molecule has 5 heteroatoms. The summed E-state index contributed by atoms with van der Waals surface area (Å²) in [7, 11) is 1.59. The van der Waals surface area contributed by atoms with Crippen molar-refractivity contribution < 1.29 is 14.3 Å². The van der Waals surface area contributed by atoms with Crippen LogP contribution >= 0.6 is 0 Å². The zero-order valence-corrected chi connectivity index (χ0v) is 16.7. The number of ether oxygens (including phenoxy) is 2. The molecule has 5 nitrogen and oxygen atoms in total. The van der Waals surface area contributed by atoms with E-state index in [2.05, 4.69) is 36.2 Å². The monoisotopic (exact) mass is 370 g/mol. The van der Waals surface area contributed by atoms with Gasteiger partial charge in [-0.15, -0.1) is 0 Å². The van der Waals surface area contributed by atoms with Gasteiger partial charge in [0.15, 0.2) is 18.1 Å². The molecule has 0 atom stereocenters. The summed E-state index contributed by atoms with van der Waals surface area (Å²) in [6.07, 6.45) is 0. The van der Waals surface area contributed by atoms with E-state index < -0.39 is 0 Å². The molecule has 2 aromatic rings. The first-order chi connectivity index (χ1) is 13.1. The maximum Gasteiger partial charge on any atom is 0.258 e. The summed E-state index contributed by atoms with van der Waals surface area (Å²) in [6, 6.07) is 13.9. The van der Waals surface area contributed by atoms with Crippen molar-refractivity contribution in [3.63, 3.8) is 0 Å². The van der Waals surface area contributed by atoms with Crippen molar-refractivity contribution in [2.24, 2.45) is 0 Å². The Bertz CT molecular complexity index is 742. The Morgan fingerprint density at radius 2 is 1.74 bits per heavy atom. The van der Waals surface area contributed by atoms with Gasteiger partial charge in [0.25, 0.3) is 5.91 Å². The number of nitrogens with zero attached hydrogens (tertiary/aromatic N) is 1. The van der Waals surface area contributed by atoms with E-state index in [0.717, 1.165) is 30.8 Å². The van der Waals surface area contributed by atoms with Crippen LogP contribution in [-0.2, 0) is 17.9 Å². The maximum atomic E-state index is 12.2. The molecular formula is C22H30N2O3. The first-order valence-electron chi connectivity index (χ1n) is 9.40. The molecule has 0 fully saturated rings. The van der Waals surface area contributed by atoms with Gasteiger partial charge in [-0.05, 0) is 48.8 Å². The normalized spacial score (nSPS) is 10.7. The van der Waals surface area contributed by atoms with Gasteiger partial charge in [-0.2, -0.15) is 0 Å². The molecule has 0 aliphatic carbocycles. The predicted molar refractivity (Wildman–Crippen MR) is 108 cm³/mol. The summed E-state index contributed by atoms with van der Waals surface area (Å²) in [4.78, 5) is 14.6. The van der Waals surface area contributed by atoms with Gasteiger partial charge < -0.3 is 14.8 Å². The van der Waals surface area contributed by atoms with Crippen molar-refractivity contribution in [3.8, 4) is 11.5 Å². The molecule has 1 N–H and O–H groups in total. The highest BCUT2D eigenvalue weighted by atomic mass is 16.5. The van der Waals surface area contributed by atoms with Crippen LogP contribution in [0.3, 0.4) is 0 Å². The van der Waals surface area contributed by atoms with Crippen molar-refractivity contribution in [3.05, 3.63) is 59.2 Å². The average molecular weight is 370 g/mol. The Kier molecular flexibility index (Phi) is 8.14. The van der Waals surface area contributed by atoms with Crippen LogP contribution in [0.25, 0.3) is 0 Å². The molecule has 0 saturated carbocycles. The average Bonchev–Trinajstić information content (AvgIpc) is 2.70. The Morgan fingerprint density at radius 3 is 2.41 bits per heavy atom. The number of benzene rings is 2. The maximum absolute atomic E-state index is 12.2. The third-order valence-corrected chi connectivity index (χ3v) is 4.56. The molecule has 27 heavy (non-hydrogen) atoms. The number of nitrogens with one attached hydrogen (secondary N) is 1. The molecule has 0 aliphatic heterocycles. The zero-order valence-electron chi connectivity index (χ0n) is 16.7. The predicted octanol–water partition coefficient (Wildman–Crippen LogP) is 3.54. The van der Waals surface area contributed by atoms with Crippen molar-refractivity contribution in [1.82, 2.24) is 10.2 Å². The van der Waals surface area contributed by atoms with Crippen LogP contribution in [0.4, 0.5) is 0 Å². The fraction of sp³-hybridized carbons (Fsp3) is 0.409. The third-order valence-electron chi connectivity index (χ3n) is 4.56. The number of amides is 1. The smallest absolute Gasteiger partial charge is 0.258 e. The van der Waals surface area contributed by atoms with Crippen molar-refractivity contribution >= 4 is 5.91 Å². The van der Waals surface area contributed by atoms with Crippen molar-refractivity contribution in [2.45, 2.75) is 33.9 Å². The number of hydrogen-bond acceptors (Lipinski definition) is 4. The summed E-state index contributed by atoms with van der Waals surface area (Å²) in [5, 5.41) is 2.94. The van der Waals surface area contributed by atoms with E-state index in [-0.39, 0.29) is 12.5 Å². The second-order valence-electron chi connectivity index (χ2n) is 6.45. The minimum absolute atomic E-state index is 0.0440. The van der Waals surface area contributed by atoms with Gasteiger partial charge in [0.2, 0.25) is 0 Å². The fourth-order valence-electron chi connectivity index (χ4n) is 2.85. The van der Waals surface area contributed by atoms with Gasteiger partial charge in [0.1, 0.15) is 0 Å². The van der Waals surface area contributed by atoms with Crippen molar-refractivity contribution in [2.75, 3.05) is 26.8 Å². The lowest BCUT2D eigenvalue weighted by atomic mass is 10.1. The summed E-state index contributed by atoms with van der Waals surface area (Å²) in [5.74, 6) is 1.04. The molecule has 0 aromatic heterocycles. The van der Waals surface area contributed by atoms with Gasteiger partial charge in [0.05, 0.1) is 7.11 Å². The van der Waals surface area contributed by atoms with Crippen LogP contribution < -0.4 is 14.8 Å². The van der Waals surface area contributed by atoms with Crippen LogP contribution in [0, 0.1) is 6.92 Å². The van der Waals surface area contributed by atoms with Gasteiger partial charge in [-0.3, -0.25) is 9.69 Å². The highest BCUT2D eigenvalue weighted by molar-refractivity contribution is 5.77. The van der Waals surface area contributed by atoms with Crippen LogP contribution in [-0.4, -0.2) is 37.6 Å². The van der Waals surface area contributed by atoms with Crippen LogP contribution in [0.2, 0.25) is 0 Å². The summed E-state index contributed by atoms with van der Waals surface area (Å²) >= 11 is 0. The summed E-state index contributed by atoms with van der Waals surface area (Å²) < 4.78 is 10.9. The molecule has 0 bridgehead atoms. The van der Waals surface area contributed by atoms with Gasteiger partial charge in [-0.1, -0.05) is 44.2 Å². The van der Waals surface area contributed by atoms with Crippen LogP contribution in [0.5, 0.6) is 11.5 Å². The van der Waals surface area contributed by atoms with E-state index in [1.165, 1.54) is 5.56 Å². The van der Waals surface area contributed by atoms with E-state index in [0.29, 0.717) is 18.0 Å². The molecule has 2 rings (SSSR count). The first kappa shape index (κ1) is 20.8. The van der Waals surface area contributed by atoms with E-state index in [1.807, 2.05) is 37.3 Å². The number of carbonyl (C=O) groups excluding carboxylic acids is 1. The Labute approximate surface area is 162 Å². The second-order valence-corrected chi connectivity index (χ2v) is 6.45. The SMILES string of the molecule is CCN(CC)Cc1ccccc1CNC(=O)COc1ccc(C)cc1OC. The molecule has 0 aliphatic rings. The molecule has 0 radical (unpaired) electrons. The topological polar surface area (TPSA) is 50.8 Å². The number of carbonyl (C=O) groups is 1. The molecule has 0 saturated heterocycles. The largest absolute Gasteiger partial charge is 0.493 e.